The second-order valence-electron chi connectivity index (χ2n) is 6.20. The first-order valence-electron chi connectivity index (χ1n) is 8.79. The zero-order chi connectivity index (χ0) is 16.9. The lowest BCUT2D eigenvalue weighted by molar-refractivity contribution is -0.144. The van der Waals surface area contributed by atoms with E-state index < -0.39 is 0 Å². The fraction of sp³-hybridized carbons (Fsp3) is 0.381. The van der Waals surface area contributed by atoms with Gasteiger partial charge in [0.25, 0.3) is 0 Å². The number of hydrogen-bond acceptors (Lipinski definition) is 3. The third-order valence-corrected chi connectivity index (χ3v) is 4.90. The number of carbonyl (C=O) groups is 1. The molecule has 0 saturated heterocycles. The maximum absolute atomic E-state index is 12.8. The van der Waals surface area contributed by atoms with Crippen molar-refractivity contribution < 1.29 is 9.53 Å². The molecule has 25 heavy (non-hydrogen) atoms. The maximum Gasteiger partial charge on any atom is 0.317 e. The molecule has 4 heteroatoms. The van der Waals surface area contributed by atoms with E-state index in [0.29, 0.717) is 6.61 Å². The summed E-state index contributed by atoms with van der Waals surface area (Å²) in [6.45, 7) is 7.43. The average molecular weight is 360 g/mol. The molecule has 2 aromatic carbocycles. The molecule has 0 N–H and O–H groups in total. The van der Waals surface area contributed by atoms with Crippen molar-refractivity contribution in [2.75, 3.05) is 26.2 Å². The first-order valence-corrected chi connectivity index (χ1v) is 8.79. The fourth-order valence-electron chi connectivity index (χ4n) is 3.48. The summed E-state index contributed by atoms with van der Waals surface area (Å²) in [7, 11) is 0. The van der Waals surface area contributed by atoms with Crippen LogP contribution in [-0.4, -0.2) is 37.1 Å². The Morgan fingerprint density at radius 3 is 2.04 bits per heavy atom. The highest BCUT2D eigenvalue weighted by molar-refractivity contribution is 5.85. The number of ether oxygens (including phenoxy) is 1. The molecule has 0 amide bonds. The average Bonchev–Trinajstić information content (AvgIpc) is 2.63. The Bertz CT molecular complexity index is 667. The number of halogens is 1. The van der Waals surface area contributed by atoms with E-state index in [9.17, 15) is 4.79 Å². The van der Waals surface area contributed by atoms with Crippen molar-refractivity contribution in [3.63, 3.8) is 0 Å². The molecule has 0 unspecified atom stereocenters. The second-order valence-corrected chi connectivity index (χ2v) is 6.20. The van der Waals surface area contributed by atoms with Crippen molar-refractivity contribution in [2.24, 2.45) is 0 Å². The fourth-order valence-corrected chi connectivity index (χ4v) is 3.48. The number of hydrogen-bond donors (Lipinski definition) is 0. The summed E-state index contributed by atoms with van der Waals surface area (Å²) in [6.07, 6.45) is 0.884. The quantitative estimate of drug-likeness (QED) is 0.729. The first kappa shape index (κ1) is 19.5. The van der Waals surface area contributed by atoms with Crippen LogP contribution in [0.3, 0.4) is 0 Å². The van der Waals surface area contributed by atoms with Gasteiger partial charge < -0.3 is 9.64 Å². The van der Waals surface area contributed by atoms with Gasteiger partial charge in [-0.25, -0.2) is 0 Å². The van der Waals surface area contributed by atoms with Gasteiger partial charge in [-0.15, -0.1) is 12.4 Å². The van der Waals surface area contributed by atoms with Crippen LogP contribution in [-0.2, 0) is 16.0 Å². The van der Waals surface area contributed by atoms with E-state index in [1.165, 1.54) is 11.1 Å². The van der Waals surface area contributed by atoms with Crippen LogP contribution in [0.4, 0.5) is 0 Å². The van der Waals surface area contributed by atoms with Gasteiger partial charge in [-0.3, -0.25) is 4.79 Å². The topological polar surface area (TPSA) is 29.5 Å². The van der Waals surface area contributed by atoms with Crippen LogP contribution in [0.2, 0.25) is 0 Å². The lowest BCUT2D eigenvalue weighted by atomic mass is 9.78. The summed E-state index contributed by atoms with van der Waals surface area (Å²) in [5.74, 6) is -0.440. The second kappa shape index (κ2) is 9.02. The summed E-state index contributed by atoms with van der Waals surface area (Å²) >= 11 is 0. The molecule has 134 valence electrons. The van der Waals surface area contributed by atoms with Crippen molar-refractivity contribution >= 4 is 18.4 Å². The highest BCUT2D eigenvalue weighted by atomic mass is 35.5. The Morgan fingerprint density at radius 1 is 1.00 bits per heavy atom. The largest absolute Gasteiger partial charge is 0.464 e. The molecule has 2 aromatic rings. The third kappa shape index (κ3) is 4.23. The number of likely N-dealkylation sites (N-methyl/N-ethyl adjacent to an activating group) is 1. The summed E-state index contributed by atoms with van der Waals surface area (Å²) in [4.78, 5) is 15.1. The molecule has 0 fully saturated rings. The van der Waals surface area contributed by atoms with Crippen molar-refractivity contribution in [2.45, 2.75) is 26.2 Å². The minimum Gasteiger partial charge on any atom is -0.464 e. The Hall–Kier alpha value is -1.84. The molecule has 3 nitrogen and oxygen atoms in total. The molecule has 0 atom stereocenters. The van der Waals surface area contributed by atoms with E-state index in [2.05, 4.69) is 43.0 Å². The zero-order valence-corrected chi connectivity index (χ0v) is 15.7. The highest BCUT2D eigenvalue weighted by Gasteiger charge is 2.31. The van der Waals surface area contributed by atoms with Crippen molar-refractivity contribution in [3.05, 3.63) is 70.8 Å². The van der Waals surface area contributed by atoms with E-state index in [1.807, 2.05) is 24.3 Å². The number of fused-ring (bicyclic) bond motifs is 2. The number of benzene rings is 2. The van der Waals surface area contributed by atoms with E-state index in [-0.39, 0.29) is 24.3 Å². The predicted molar refractivity (Wildman–Crippen MR) is 104 cm³/mol. The van der Waals surface area contributed by atoms with Gasteiger partial charge in [0.05, 0.1) is 0 Å². The SMILES string of the molecule is CCN(CC)CCOC(=O)C1c2ccccc2Cc2ccccc21.Cl. The van der Waals surface area contributed by atoms with Gasteiger partial charge in [-0.2, -0.15) is 0 Å². The minimum absolute atomic E-state index is 0. The van der Waals surface area contributed by atoms with E-state index in [1.54, 1.807) is 0 Å². The Balaban J connectivity index is 0.00000225. The van der Waals surface area contributed by atoms with E-state index in [0.717, 1.165) is 37.2 Å². The van der Waals surface area contributed by atoms with Crippen LogP contribution >= 0.6 is 12.4 Å². The molecule has 0 radical (unpaired) electrons. The summed E-state index contributed by atoms with van der Waals surface area (Å²) < 4.78 is 5.65. The zero-order valence-electron chi connectivity index (χ0n) is 14.9. The van der Waals surface area contributed by atoms with Crippen molar-refractivity contribution in [3.8, 4) is 0 Å². The summed E-state index contributed by atoms with van der Waals surface area (Å²) in [5.41, 5.74) is 4.62. The molecule has 0 aromatic heterocycles. The maximum atomic E-state index is 12.8. The molecule has 0 heterocycles. The summed E-state index contributed by atoms with van der Waals surface area (Å²) in [6, 6.07) is 16.4. The first-order chi connectivity index (χ1) is 11.7. The molecular weight excluding hydrogens is 334 g/mol. The van der Waals surface area contributed by atoms with Gasteiger partial charge in [-0.05, 0) is 41.8 Å². The van der Waals surface area contributed by atoms with E-state index >= 15 is 0 Å². The molecule has 0 bridgehead atoms. The predicted octanol–water partition coefficient (Wildman–Crippen LogP) is 4.03. The van der Waals surface area contributed by atoms with E-state index in [4.69, 9.17) is 4.74 Å². The molecule has 0 aliphatic heterocycles. The molecule has 0 saturated carbocycles. The van der Waals surface area contributed by atoms with Gasteiger partial charge in [0.15, 0.2) is 0 Å². The highest BCUT2D eigenvalue weighted by Crippen LogP contribution is 2.37. The minimum atomic E-state index is -0.303. The number of esters is 1. The van der Waals surface area contributed by atoms with Gasteiger partial charge in [0.1, 0.15) is 12.5 Å². The van der Waals surface area contributed by atoms with Crippen LogP contribution in [0.25, 0.3) is 0 Å². The molecule has 3 rings (SSSR count). The Kier molecular flexibility index (Phi) is 7.03. The number of carbonyl (C=O) groups excluding carboxylic acids is 1. The van der Waals surface area contributed by atoms with Crippen LogP contribution in [0.15, 0.2) is 48.5 Å². The van der Waals surface area contributed by atoms with Gasteiger partial charge >= 0.3 is 5.97 Å². The lowest BCUT2D eigenvalue weighted by Gasteiger charge is -2.27. The van der Waals surface area contributed by atoms with Gasteiger partial charge in [-0.1, -0.05) is 62.4 Å². The van der Waals surface area contributed by atoms with Crippen molar-refractivity contribution in [1.29, 1.82) is 0 Å². The third-order valence-electron chi connectivity index (χ3n) is 4.90. The van der Waals surface area contributed by atoms with Crippen molar-refractivity contribution in [1.82, 2.24) is 4.90 Å². The normalized spacial score (nSPS) is 12.9. The van der Waals surface area contributed by atoms with Crippen LogP contribution in [0.5, 0.6) is 0 Å². The van der Waals surface area contributed by atoms with Crippen LogP contribution in [0.1, 0.15) is 42.0 Å². The number of rotatable bonds is 6. The summed E-state index contributed by atoms with van der Waals surface area (Å²) in [5, 5.41) is 0. The molecular formula is C21H26ClNO2. The smallest absolute Gasteiger partial charge is 0.317 e. The lowest BCUT2D eigenvalue weighted by Crippen LogP contribution is -2.30. The number of nitrogens with zero attached hydrogens (tertiary/aromatic N) is 1. The molecule has 0 spiro atoms. The van der Waals surface area contributed by atoms with Gasteiger partial charge in [0.2, 0.25) is 0 Å². The molecule has 1 aliphatic carbocycles. The van der Waals surface area contributed by atoms with Crippen LogP contribution < -0.4 is 0 Å². The Labute approximate surface area is 156 Å². The standard InChI is InChI=1S/C21H25NO2.ClH/c1-3-22(4-2)13-14-24-21(23)20-18-11-7-5-9-16(18)15-17-10-6-8-12-19(17)20;/h5-12,20H,3-4,13-15H2,1-2H3;1H. The Morgan fingerprint density at radius 2 is 1.52 bits per heavy atom. The van der Waals surface area contributed by atoms with Gasteiger partial charge in [0, 0.05) is 6.54 Å². The molecule has 1 aliphatic rings. The van der Waals surface area contributed by atoms with Crippen LogP contribution in [0, 0.1) is 0 Å². The monoisotopic (exact) mass is 359 g/mol.